The molecule has 0 aliphatic rings. The maximum Gasteiger partial charge on any atom is 0.408 e. The van der Waals surface area contributed by atoms with Gasteiger partial charge in [-0.1, -0.05) is 17.7 Å². The van der Waals surface area contributed by atoms with Crippen LogP contribution in [0.3, 0.4) is 0 Å². The minimum absolute atomic E-state index is 0.139. The number of ketones is 1. The summed E-state index contributed by atoms with van der Waals surface area (Å²) in [4.78, 5) is 24.2. The lowest BCUT2D eigenvalue weighted by Gasteiger charge is -2.21. The number of benzene rings is 1. The van der Waals surface area contributed by atoms with E-state index >= 15 is 0 Å². The summed E-state index contributed by atoms with van der Waals surface area (Å²) in [7, 11) is -1.42. The molecule has 0 heterocycles. The van der Waals surface area contributed by atoms with Crippen molar-refractivity contribution in [3.8, 4) is 0 Å². The van der Waals surface area contributed by atoms with Gasteiger partial charge in [0.25, 0.3) is 0 Å². The van der Waals surface area contributed by atoms with Gasteiger partial charge in [0.05, 0.1) is 22.6 Å². The Morgan fingerprint density at radius 3 is 2.27 bits per heavy atom. The highest BCUT2D eigenvalue weighted by Crippen LogP contribution is 2.10. The van der Waals surface area contributed by atoms with Crippen molar-refractivity contribution in [2.24, 2.45) is 0 Å². The van der Waals surface area contributed by atoms with Gasteiger partial charge in [0.15, 0.2) is 5.78 Å². The average molecular weight is 325 g/mol. The molecule has 1 aromatic rings. The molecule has 0 aliphatic heterocycles. The number of ether oxygens (including phenoxy) is 1. The molecule has 0 bridgehead atoms. The molecule has 0 fully saturated rings. The van der Waals surface area contributed by atoms with Gasteiger partial charge in [-0.15, -0.1) is 0 Å². The Morgan fingerprint density at radius 2 is 1.77 bits per heavy atom. The smallest absolute Gasteiger partial charge is 0.408 e. The predicted molar refractivity (Wildman–Crippen MR) is 86.3 cm³/mol. The standard InChI is InChI=1S/C16H23NO4S/c1-11-6-8-13(9-7-11)22(20)10-14(18)12(2)17-15(19)21-16(3,4)5/h6-9,12H,10H2,1-5H3,(H,17,19)/t12-,22?/m1/s1. The Hall–Kier alpha value is -1.69. The van der Waals surface area contributed by atoms with Gasteiger partial charge in [0.1, 0.15) is 5.60 Å². The fourth-order valence-corrected chi connectivity index (χ4v) is 2.71. The number of aryl methyl sites for hydroxylation is 1. The molecule has 5 nitrogen and oxygen atoms in total. The molecule has 6 heteroatoms. The third-order valence-electron chi connectivity index (χ3n) is 2.77. The molecule has 0 aromatic heterocycles. The molecule has 0 saturated carbocycles. The van der Waals surface area contributed by atoms with Crippen molar-refractivity contribution in [2.75, 3.05) is 5.75 Å². The number of amides is 1. The Bertz CT molecular complexity index is 561. The van der Waals surface area contributed by atoms with Crippen molar-refractivity contribution in [2.45, 2.75) is 51.2 Å². The Morgan fingerprint density at radius 1 is 1.23 bits per heavy atom. The number of carbonyl (C=O) groups is 2. The molecule has 1 amide bonds. The van der Waals surface area contributed by atoms with Gasteiger partial charge in [-0.2, -0.15) is 0 Å². The third kappa shape index (κ3) is 6.39. The summed E-state index contributed by atoms with van der Waals surface area (Å²) in [6.45, 7) is 8.71. The zero-order valence-electron chi connectivity index (χ0n) is 13.6. The lowest BCUT2D eigenvalue weighted by molar-refractivity contribution is -0.118. The van der Waals surface area contributed by atoms with Crippen LogP contribution in [0.1, 0.15) is 33.3 Å². The van der Waals surface area contributed by atoms with E-state index in [1.165, 1.54) is 0 Å². The molecule has 1 aromatic carbocycles. The zero-order chi connectivity index (χ0) is 16.9. The summed E-state index contributed by atoms with van der Waals surface area (Å²) in [5.74, 6) is -0.440. The number of rotatable bonds is 5. The first-order valence-corrected chi connectivity index (χ1v) is 8.37. The minimum Gasteiger partial charge on any atom is -0.444 e. The second kappa shape index (κ2) is 7.54. The van der Waals surface area contributed by atoms with Gasteiger partial charge < -0.3 is 10.1 Å². The second-order valence-electron chi connectivity index (χ2n) is 6.14. The number of Topliss-reactive ketones (excluding diaryl/α,β-unsaturated/α-hetero) is 1. The maximum atomic E-state index is 12.1. The fourth-order valence-electron chi connectivity index (χ4n) is 1.59. The Labute approximate surface area is 133 Å². The van der Waals surface area contributed by atoms with Crippen molar-refractivity contribution in [3.63, 3.8) is 0 Å². The molecule has 1 rings (SSSR count). The Kier molecular flexibility index (Phi) is 6.29. The highest BCUT2D eigenvalue weighted by molar-refractivity contribution is 7.85. The number of alkyl carbamates (subject to hydrolysis) is 1. The van der Waals surface area contributed by atoms with E-state index in [1.807, 2.05) is 19.1 Å². The van der Waals surface area contributed by atoms with Crippen molar-refractivity contribution < 1.29 is 18.5 Å². The highest BCUT2D eigenvalue weighted by Gasteiger charge is 2.22. The molecule has 0 spiro atoms. The zero-order valence-corrected chi connectivity index (χ0v) is 14.5. The lowest BCUT2D eigenvalue weighted by atomic mass is 10.2. The van der Waals surface area contributed by atoms with Gasteiger partial charge in [0, 0.05) is 4.90 Å². The SMILES string of the molecule is Cc1ccc(S(=O)CC(=O)[C@@H](C)NC(=O)OC(C)(C)C)cc1. The summed E-state index contributed by atoms with van der Waals surface area (Å²) < 4.78 is 17.2. The van der Waals surface area contributed by atoms with Crippen LogP contribution in [-0.2, 0) is 20.3 Å². The largest absolute Gasteiger partial charge is 0.444 e. The van der Waals surface area contributed by atoms with Crippen LogP contribution < -0.4 is 5.32 Å². The normalized spacial score (nSPS) is 14.0. The van der Waals surface area contributed by atoms with Gasteiger partial charge in [-0.05, 0) is 46.8 Å². The summed E-state index contributed by atoms with van der Waals surface area (Å²) in [5.41, 5.74) is 0.435. The fraction of sp³-hybridized carbons (Fsp3) is 0.500. The van der Waals surface area contributed by atoms with E-state index in [0.717, 1.165) is 5.56 Å². The van der Waals surface area contributed by atoms with Crippen LogP contribution in [0, 0.1) is 6.92 Å². The summed E-state index contributed by atoms with van der Waals surface area (Å²) in [6, 6.07) is 6.43. The molecule has 0 saturated heterocycles. The topological polar surface area (TPSA) is 72.5 Å². The molecular formula is C16H23NO4S. The first kappa shape index (κ1) is 18.4. The number of carbonyl (C=O) groups excluding carboxylic acids is 2. The van der Waals surface area contributed by atoms with Crippen molar-refractivity contribution in [3.05, 3.63) is 29.8 Å². The number of nitrogens with one attached hydrogen (secondary N) is 1. The summed E-state index contributed by atoms with van der Waals surface area (Å²) in [5, 5.41) is 2.46. The van der Waals surface area contributed by atoms with E-state index in [9.17, 15) is 13.8 Å². The van der Waals surface area contributed by atoms with Crippen LogP contribution in [-0.4, -0.2) is 33.5 Å². The van der Waals surface area contributed by atoms with E-state index < -0.39 is 28.5 Å². The quantitative estimate of drug-likeness (QED) is 0.903. The third-order valence-corrected chi connectivity index (χ3v) is 4.12. The number of hydrogen-bond donors (Lipinski definition) is 1. The van der Waals surface area contributed by atoms with E-state index in [2.05, 4.69) is 5.32 Å². The van der Waals surface area contributed by atoms with Crippen LogP contribution in [0.2, 0.25) is 0 Å². The van der Waals surface area contributed by atoms with E-state index in [1.54, 1.807) is 39.8 Å². The van der Waals surface area contributed by atoms with Gasteiger partial charge in [-0.3, -0.25) is 9.00 Å². The summed E-state index contributed by atoms with van der Waals surface area (Å²) in [6.07, 6.45) is -0.658. The van der Waals surface area contributed by atoms with Crippen LogP contribution in [0.15, 0.2) is 29.2 Å². The minimum atomic E-state index is -1.42. The molecule has 122 valence electrons. The van der Waals surface area contributed by atoms with Crippen molar-refractivity contribution in [1.29, 1.82) is 0 Å². The molecule has 0 aliphatic carbocycles. The molecule has 22 heavy (non-hydrogen) atoms. The van der Waals surface area contributed by atoms with Gasteiger partial charge in [0.2, 0.25) is 0 Å². The van der Waals surface area contributed by atoms with Crippen LogP contribution >= 0.6 is 0 Å². The highest BCUT2D eigenvalue weighted by atomic mass is 32.2. The molecule has 1 N–H and O–H groups in total. The average Bonchev–Trinajstić information content (AvgIpc) is 2.36. The molecule has 1 unspecified atom stereocenters. The van der Waals surface area contributed by atoms with Crippen molar-refractivity contribution in [1.82, 2.24) is 5.32 Å². The second-order valence-corrected chi connectivity index (χ2v) is 7.59. The molecule has 2 atom stereocenters. The summed E-state index contributed by atoms with van der Waals surface area (Å²) >= 11 is 0. The predicted octanol–water partition coefficient (Wildman–Crippen LogP) is 2.58. The first-order valence-electron chi connectivity index (χ1n) is 7.06. The van der Waals surface area contributed by atoms with Crippen LogP contribution in [0.5, 0.6) is 0 Å². The number of hydrogen-bond acceptors (Lipinski definition) is 4. The van der Waals surface area contributed by atoms with Gasteiger partial charge >= 0.3 is 6.09 Å². The van der Waals surface area contributed by atoms with Crippen molar-refractivity contribution >= 4 is 22.7 Å². The molecular weight excluding hydrogens is 302 g/mol. The van der Waals surface area contributed by atoms with E-state index in [4.69, 9.17) is 4.74 Å². The van der Waals surface area contributed by atoms with Crippen LogP contribution in [0.25, 0.3) is 0 Å². The first-order chi connectivity index (χ1) is 10.1. The Balaban J connectivity index is 2.55. The van der Waals surface area contributed by atoms with E-state index in [-0.39, 0.29) is 11.5 Å². The monoisotopic (exact) mass is 325 g/mol. The van der Waals surface area contributed by atoms with E-state index in [0.29, 0.717) is 4.90 Å². The maximum absolute atomic E-state index is 12.1. The lowest BCUT2D eigenvalue weighted by Crippen LogP contribution is -2.43. The van der Waals surface area contributed by atoms with Crippen LogP contribution in [0.4, 0.5) is 4.79 Å². The molecule has 0 radical (unpaired) electrons. The van der Waals surface area contributed by atoms with Gasteiger partial charge in [-0.25, -0.2) is 4.79 Å².